The van der Waals surface area contributed by atoms with E-state index in [1.54, 1.807) is 0 Å². The molecule has 2 aromatic carbocycles. The zero-order valence-electron chi connectivity index (χ0n) is 14.7. The molecule has 0 saturated carbocycles. The molecule has 3 nitrogen and oxygen atoms in total. The quantitative estimate of drug-likeness (QED) is 0.586. The Morgan fingerprint density at radius 3 is 2.32 bits per heavy atom. The van der Waals surface area contributed by atoms with Gasteiger partial charge in [-0.25, -0.2) is 0 Å². The average Bonchev–Trinajstić information content (AvgIpc) is 3.07. The van der Waals surface area contributed by atoms with E-state index in [9.17, 15) is 4.79 Å². The van der Waals surface area contributed by atoms with Crippen molar-refractivity contribution in [3.8, 4) is 0 Å². The highest BCUT2D eigenvalue weighted by atomic mass is 16.1. The molecule has 0 aromatic heterocycles. The Morgan fingerprint density at radius 1 is 1.00 bits per heavy atom. The summed E-state index contributed by atoms with van der Waals surface area (Å²) in [7, 11) is 0. The van der Waals surface area contributed by atoms with Crippen LogP contribution < -0.4 is 4.99 Å². The average molecular weight is 333 g/mol. The van der Waals surface area contributed by atoms with E-state index >= 15 is 0 Å². The first-order valence-electron chi connectivity index (χ1n) is 9.08. The van der Waals surface area contributed by atoms with E-state index < -0.39 is 0 Å². The van der Waals surface area contributed by atoms with Crippen molar-refractivity contribution in [2.75, 3.05) is 0 Å². The number of aliphatic imine (C=N–C) groups is 1. The Hall–Kier alpha value is -2.55. The van der Waals surface area contributed by atoms with Crippen LogP contribution in [0.5, 0.6) is 0 Å². The summed E-state index contributed by atoms with van der Waals surface area (Å²) in [6.07, 6.45) is 5.30. The van der Waals surface area contributed by atoms with Gasteiger partial charge in [0.1, 0.15) is 6.29 Å². The Labute approximate surface area is 149 Å². The number of nitrogens with zero attached hydrogens (tertiary/aromatic N) is 1. The van der Waals surface area contributed by atoms with Gasteiger partial charge < -0.3 is 4.79 Å². The van der Waals surface area contributed by atoms with Gasteiger partial charge in [0.05, 0.1) is 6.42 Å². The van der Waals surface area contributed by atoms with Crippen LogP contribution in [-0.2, 0) is 10.3 Å². The van der Waals surface area contributed by atoms with Crippen LogP contribution in [0.1, 0.15) is 50.2 Å². The largest absolute Gasteiger partial charge is 0.303 e. The zero-order chi connectivity index (χ0) is 17.5. The van der Waals surface area contributed by atoms with Crippen molar-refractivity contribution in [3.63, 3.8) is 0 Å². The van der Waals surface area contributed by atoms with Crippen LogP contribution in [0.2, 0.25) is 0 Å². The standard InChI is InChI=1S/C22H24N2O/c1-2-22(19-14-8-4-9-15-19)21(18-12-6-3-7-13-18)23-20(24-22)16-10-5-11-17-25/h3-4,6-9,12-15,17H,2,5,10-11,16H2,1H3/p+1. The minimum Gasteiger partial charge on any atom is -0.303 e. The minimum absolute atomic E-state index is 0.289. The summed E-state index contributed by atoms with van der Waals surface area (Å²) in [5.74, 6) is 1.02. The van der Waals surface area contributed by atoms with E-state index in [1.165, 1.54) is 5.56 Å². The van der Waals surface area contributed by atoms with Crippen LogP contribution in [0.15, 0.2) is 65.7 Å². The molecular formula is C22H25N2O+. The van der Waals surface area contributed by atoms with E-state index in [0.29, 0.717) is 6.42 Å². The first-order valence-corrected chi connectivity index (χ1v) is 9.08. The molecule has 0 amide bonds. The maximum atomic E-state index is 10.5. The molecule has 0 aliphatic carbocycles. The fourth-order valence-corrected chi connectivity index (χ4v) is 3.50. The maximum absolute atomic E-state index is 10.5. The van der Waals surface area contributed by atoms with E-state index in [0.717, 1.165) is 49.1 Å². The highest BCUT2D eigenvalue weighted by molar-refractivity contribution is 6.13. The van der Waals surface area contributed by atoms with Crippen molar-refractivity contribution in [1.82, 2.24) is 0 Å². The lowest BCUT2D eigenvalue weighted by Crippen LogP contribution is -2.84. The fraction of sp³-hybridized carbons (Fsp3) is 0.318. The molecule has 3 rings (SSSR count). The van der Waals surface area contributed by atoms with Gasteiger partial charge >= 0.3 is 0 Å². The third kappa shape index (κ3) is 3.60. The van der Waals surface area contributed by atoms with Crippen molar-refractivity contribution in [1.29, 1.82) is 0 Å². The van der Waals surface area contributed by atoms with Crippen molar-refractivity contribution >= 4 is 17.8 Å². The molecule has 128 valence electrons. The number of hydrogen-bond acceptors (Lipinski definition) is 2. The third-order valence-corrected chi connectivity index (χ3v) is 4.84. The normalized spacial score (nSPS) is 19.4. The molecule has 0 saturated heterocycles. The van der Waals surface area contributed by atoms with Crippen molar-refractivity contribution in [2.45, 2.75) is 44.6 Å². The monoisotopic (exact) mass is 333 g/mol. The van der Waals surface area contributed by atoms with E-state index in [1.807, 2.05) is 12.1 Å². The van der Waals surface area contributed by atoms with Gasteiger partial charge in [-0.2, -0.15) is 0 Å². The lowest BCUT2D eigenvalue weighted by atomic mass is 9.81. The molecular weight excluding hydrogens is 308 g/mol. The molecule has 1 unspecified atom stereocenters. The zero-order valence-corrected chi connectivity index (χ0v) is 14.7. The minimum atomic E-state index is -0.289. The van der Waals surface area contributed by atoms with E-state index in [-0.39, 0.29) is 5.54 Å². The molecule has 0 radical (unpaired) electrons. The molecule has 25 heavy (non-hydrogen) atoms. The summed E-state index contributed by atoms with van der Waals surface area (Å²) < 4.78 is 0. The Kier molecular flexibility index (Phi) is 5.54. The molecule has 1 heterocycles. The van der Waals surface area contributed by atoms with Gasteiger partial charge in [-0.15, -0.1) is 0 Å². The predicted octanol–water partition coefficient (Wildman–Crippen LogP) is 3.03. The number of nitrogens with one attached hydrogen (secondary N) is 1. The summed E-state index contributed by atoms with van der Waals surface area (Å²) >= 11 is 0. The predicted molar refractivity (Wildman–Crippen MR) is 102 cm³/mol. The van der Waals surface area contributed by atoms with Crippen LogP contribution in [-0.4, -0.2) is 17.8 Å². The number of hydrogen-bond donors (Lipinski definition) is 1. The first kappa shape index (κ1) is 17.3. The topological polar surface area (TPSA) is 43.4 Å². The van der Waals surface area contributed by atoms with E-state index in [4.69, 9.17) is 4.99 Å². The lowest BCUT2D eigenvalue weighted by Gasteiger charge is -2.23. The Balaban J connectivity index is 1.98. The Bertz CT molecular complexity index is 765. The highest BCUT2D eigenvalue weighted by Crippen LogP contribution is 2.28. The smallest absolute Gasteiger partial charge is 0.293 e. The second kappa shape index (κ2) is 8.02. The van der Waals surface area contributed by atoms with Gasteiger partial charge in [-0.05, 0) is 17.8 Å². The number of aldehydes is 1. The third-order valence-electron chi connectivity index (χ3n) is 4.84. The number of carbonyl (C=O) groups is 1. The van der Waals surface area contributed by atoms with Crippen molar-refractivity contribution in [2.24, 2.45) is 4.99 Å². The summed E-state index contributed by atoms with van der Waals surface area (Å²) in [4.78, 5) is 19.2. The molecule has 2 aromatic rings. The molecule has 1 N–H and O–H groups in total. The van der Waals surface area contributed by atoms with Crippen LogP contribution in [0.4, 0.5) is 0 Å². The van der Waals surface area contributed by atoms with Crippen LogP contribution in [0.3, 0.4) is 0 Å². The van der Waals surface area contributed by atoms with Gasteiger partial charge in [-0.3, -0.25) is 4.99 Å². The molecule has 3 heteroatoms. The van der Waals surface area contributed by atoms with Crippen LogP contribution in [0.25, 0.3) is 0 Å². The molecule has 0 fully saturated rings. The number of rotatable bonds is 8. The number of carbonyl (C=O) groups excluding carboxylic acids is 1. The van der Waals surface area contributed by atoms with E-state index in [2.05, 4.69) is 60.4 Å². The molecule has 1 aliphatic rings. The fourth-order valence-electron chi connectivity index (χ4n) is 3.50. The van der Waals surface area contributed by atoms with Crippen LogP contribution in [0, 0.1) is 0 Å². The number of unbranched alkanes of at least 4 members (excludes halogenated alkanes) is 2. The van der Waals surface area contributed by atoms with Crippen LogP contribution >= 0.6 is 0 Å². The van der Waals surface area contributed by atoms with Crippen molar-refractivity contribution < 1.29 is 9.79 Å². The summed E-state index contributed by atoms with van der Waals surface area (Å²) in [6.45, 7) is 2.20. The summed E-state index contributed by atoms with van der Waals surface area (Å²) in [6, 6.07) is 21.0. The van der Waals surface area contributed by atoms with Gasteiger partial charge in [0.15, 0.2) is 5.54 Å². The molecule has 1 aliphatic heterocycles. The van der Waals surface area contributed by atoms with Gasteiger partial charge in [-0.1, -0.05) is 67.6 Å². The number of benzene rings is 2. The summed E-state index contributed by atoms with van der Waals surface area (Å²) in [5.41, 5.74) is 3.20. The lowest BCUT2D eigenvalue weighted by molar-refractivity contribution is -0.536. The van der Waals surface area contributed by atoms with Gasteiger partial charge in [0.25, 0.3) is 5.84 Å². The number of amidine groups is 1. The van der Waals surface area contributed by atoms with Crippen molar-refractivity contribution in [3.05, 3.63) is 71.8 Å². The Morgan fingerprint density at radius 2 is 1.68 bits per heavy atom. The highest BCUT2D eigenvalue weighted by Gasteiger charge is 2.47. The maximum Gasteiger partial charge on any atom is 0.293 e. The first-order chi connectivity index (χ1) is 12.3. The molecule has 0 spiro atoms. The molecule has 0 bridgehead atoms. The second-order valence-corrected chi connectivity index (χ2v) is 6.44. The SMILES string of the molecule is CCC1(c2ccccc2)[NH+]=C(CCCCC=O)N=C1c1ccccc1. The summed E-state index contributed by atoms with van der Waals surface area (Å²) in [5, 5.41) is 0. The molecule has 1 atom stereocenters. The van der Waals surface area contributed by atoms with Gasteiger partial charge in [0.2, 0.25) is 5.71 Å². The van der Waals surface area contributed by atoms with Gasteiger partial charge in [0, 0.05) is 24.0 Å². The second-order valence-electron chi connectivity index (χ2n) is 6.44.